The number of anilines is 2. The third kappa shape index (κ3) is 5.31. The average molecular weight is 477 g/mol. The van der Waals surface area contributed by atoms with Gasteiger partial charge in [-0.3, -0.25) is 15.1 Å². The van der Waals surface area contributed by atoms with Crippen LogP contribution in [-0.2, 0) is 4.79 Å². The van der Waals surface area contributed by atoms with Crippen LogP contribution in [0.15, 0.2) is 41.2 Å². The van der Waals surface area contributed by atoms with Crippen LogP contribution in [0.25, 0.3) is 21.8 Å². The number of benzene rings is 2. The summed E-state index contributed by atoms with van der Waals surface area (Å²) in [7, 11) is 3.13. The number of nitrogens with one attached hydrogen (secondary N) is 2. The SMILES string of the molecule is COc1ccc2nc(Nc3nc4cccc(OC)c4c(=O)[nH]3)nc(C)c2c1.O=C(O)C(F)(F)F. The van der Waals surface area contributed by atoms with Gasteiger partial charge in [0.05, 0.1) is 30.9 Å². The molecule has 3 N–H and O–H groups in total. The lowest BCUT2D eigenvalue weighted by molar-refractivity contribution is -0.192. The molecule has 0 amide bonds. The number of aryl methyl sites for hydroxylation is 1. The molecule has 0 bridgehead atoms. The lowest BCUT2D eigenvalue weighted by Gasteiger charge is -2.09. The Bertz CT molecular complexity index is 1420. The maximum absolute atomic E-state index is 12.4. The summed E-state index contributed by atoms with van der Waals surface area (Å²) in [5.74, 6) is -0.944. The van der Waals surface area contributed by atoms with Crippen molar-refractivity contribution in [1.29, 1.82) is 0 Å². The van der Waals surface area contributed by atoms with Gasteiger partial charge in [0, 0.05) is 5.39 Å². The number of carbonyl (C=O) groups is 1. The fourth-order valence-corrected chi connectivity index (χ4v) is 2.94. The highest BCUT2D eigenvalue weighted by atomic mass is 19.4. The van der Waals surface area contributed by atoms with Crippen LogP contribution in [0.1, 0.15) is 5.69 Å². The van der Waals surface area contributed by atoms with Gasteiger partial charge in [0.1, 0.15) is 16.9 Å². The van der Waals surface area contributed by atoms with Crippen LogP contribution in [0.2, 0.25) is 0 Å². The summed E-state index contributed by atoms with van der Waals surface area (Å²) >= 11 is 0. The van der Waals surface area contributed by atoms with Gasteiger partial charge in [0.2, 0.25) is 11.9 Å². The van der Waals surface area contributed by atoms with E-state index >= 15 is 0 Å². The summed E-state index contributed by atoms with van der Waals surface area (Å²) in [4.78, 5) is 37.4. The van der Waals surface area contributed by atoms with Gasteiger partial charge in [-0.15, -0.1) is 0 Å². The number of carboxylic acids is 1. The summed E-state index contributed by atoms with van der Waals surface area (Å²) in [6, 6.07) is 10.8. The number of ether oxygens (including phenoxy) is 2. The number of aromatic nitrogens is 4. The standard InChI is InChI=1S/C19H17N5O3.C2HF3O2/c1-10-12-9-11(26-2)7-8-13(12)21-18(20-10)24-19-22-14-5-4-6-15(27-3)16(14)17(25)23-19;3-2(4,5)1(6)7/h4-9H,1-3H3,(H2,20,21,22,23,24,25);(H,6,7). The highest BCUT2D eigenvalue weighted by Crippen LogP contribution is 2.24. The largest absolute Gasteiger partial charge is 0.497 e. The molecular formula is C21H18F3N5O5. The van der Waals surface area contributed by atoms with Crippen LogP contribution in [0, 0.1) is 6.92 Å². The number of aromatic amines is 1. The van der Waals surface area contributed by atoms with E-state index in [1.165, 1.54) is 7.11 Å². The number of methoxy groups -OCH3 is 2. The smallest absolute Gasteiger partial charge is 0.490 e. The van der Waals surface area contributed by atoms with Crippen LogP contribution >= 0.6 is 0 Å². The molecule has 0 aliphatic heterocycles. The molecule has 34 heavy (non-hydrogen) atoms. The lowest BCUT2D eigenvalue weighted by Crippen LogP contribution is -2.21. The van der Waals surface area contributed by atoms with Crippen molar-refractivity contribution in [3.05, 3.63) is 52.4 Å². The Labute approximate surface area is 189 Å². The van der Waals surface area contributed by atoms with E-state index in [0.717, 1.165) is 22.3 Å². The van der Waals surface area contributed by atoms with Gasteiger partial charge in [0.25, 0.3) is 5.56 Å². The first-order valence-electron chi connectivity index (χ1n) is 9.50. The molecular weight excluding hydrogens is 459 g/mol. The topological polar surface area (TPSA) is 139 Å². The van der Waals surface area contributed by atoms with Crippen LogP contribution < -0.4 is 20.3 Å². The average Bonchev–Trinajstić information content (AvgIpc) is 2.78. The molecule has 0 radical (unpaired) electrons. The van der Waals surface area contributed by atoms with Crippen molar-refractivity contribution in [2.75, 3.05) is 19.5 Å². The first-order valence-corrected chi connectivity index (χ1v) is 9.50. The molecule has 13 heteroatoms. The number of rotatable bonds is 4. The van der Waals surface area contributed by atoms with Crippen molar-refractivity contribution in [3.8, 4) is 11.5 Å². The predicted molar refractivity (Wildman–Crippen MR) is 117 cm³/mol. The van der Waals surface area contributed by atoms with Crippen LogP contribution in [-0.4, -0.2) is 51.4 Å². The maximum Gasteiger partial charge on any atom is 0.490 e. The van der Waals surface area contributed by atoms with Gasteiger partial charge >= 0.3 is 12.1 Å². The Morgan fingerprint density at radius 1 is 1.06 bits per heavy atom. The summed E-state index contributed by atoms with van der Waals surface area (Å²) in [5, 5.41) is 11.4. The number of hydrogen-bond donors (Lipinski definition) is 3. The Balaban J connectivity index is 0.000000406. The summed E-state index contributed by atoms with van der Waals surface area (Å²) in [6.45, 7) is 1.88. The zero-order chi connectivity index (χ0) is 25.0. The Morgan fingerprint density at radius 2 is 1.76 bits per heavy atom. The number of halogens is 3. The van der Waals surface area contributed by atoms with Gasteiger partial charge in [-0.25, -0.2) is 19.7 Å². The molecule has 2 aromatic carbocycles. The molecule has 4 aromatic rings. The minimum Gasteiger partial charge on any atom is -0.497 e. The van der Waals surface area contributed by atoms with E-state index in [9.17, 15) is 18.0 Å². The monoisotopic (exact) mass is 477 g/mol. The van der Waals surface area contributed by atoms with Crippen LogP contribution in [0.4, 0.5) is 25.1 Å². The second-order valence-corrected chi connectivity index (χ2v) is 6.71. The molecule has 178 valence electrons. The van der Waals surface area contributed by atoms with E-state index in [1.807, 2.05) is 25.1 Å². The highest BCUT2D eigenvalue weighted by Gasteiger charge is 2.38. The molecule has 0 spiro atoms. The summed E-state index contributed by atoms with van der Waals surface area (Å²) in [6.07, 6.45) is -5.08. The molecule has 0 aliphatic carbocycles. The number of nitrogens with zero attached hydrogens (tertiary/aromatic N) is 3. The van der Waals surface area contributed by atoms with E-state index < -0.39 is 12.1 Å². The summed E-state index contributed by atoms with van der Waals surface area (Å²) < 4.78 is 42.2. The minimum absolute atomic E-state index is 0.257. The number of aliphatic carboxylic acids is 1. The van der Waals surface area contributed by atoms with Crippen molar-refractivity contribution >= 4 is 39.7 Å². The molecule has 4 rings (SSSR count). The Hall–Kier alpha value is -4.42. The molecule has 0 fully saturated rings. The van der Waals surface area contributed by atoms with E-state index in [0.29, 0.717) is 22.6 Å². The van der Waals surface area contributed by atoms with Gasteiger partial charge in [-0.05, 0) is 37.3 Å². The quantitative estimate of drug-likeness (QED) is 0.402. The fraction of sp³-hybridized carbons (Fsp3) is 0.190. The number of carboxylic acid groups (broad SMARTS) is 1. The summed E-state index contributed by atoms with van der Waals surface area (Å²) in [5.41, 5.74) is 1.76. The molecule has 0 atom stereocenters. The van der Waals surface area contributed by atoms with Gasteiger partial charge in [0.15, 0.2) is 0 Å². The third-order valence-electron chi connectivity index (χ3n) is 4.48. The number of H-pyrrole nitrogens is 1. The fourth-order valence-electron chi connectivity index (χ4n) is 2.94. The number of hydrogen-bond acceptors (Lipinski definition) is 8. The first-order chi connectivity index (χ1) is 16.0. The van der Waals surface area contributed by atoms with Gasteiger partial charge in [-0.1, -0.05) is 6.07 Å². The molecule has 0 aliphatic rings. The first kappa shape index (κ1) is 24.2. The van der Waals surface area contributed by atoms with Crippen LogP contribution in [0.3, 0.4) is 0 Å². The lowest BCUT2D eigenvalue weighted by atomic mass is 10.2. The number of alkyl halides is 3. The minimum atomic E-state index is -5.08. The van der Waals surface area contributed by atoms with E-state index in [4.69, 9.17) is 19.4 Å². The van der Waals surface area contributed by atoms with E-state index in [1.54, 1.807) is 25.3 Å². The zero-order valence-electron chi connectivity index (χ0n) is 18.0. The van der Waals surface area contributed by atoms with Crippen molar-refractivity contribution in [3.63, 3.8) is 0 Å². The predicted octanol–water partition coefficient (Wildman–Crippen LogP) is 3.57. The molecule has 2 aromatic heterocycles. The van der Waals surface area contributed by atoms with Crippen LogP contribution in [0.5, 0.6) is 11.5 Å². The van der Waals surface area contributed by atoms with Gasteiger partial charge in [-0.2, -0.15) is 13.2 Å². The molecule has 10 nitrogen and oxygen atoms in total. The van der Waals surface area contributed by atoms with Crippen molar-refractivity contribution < 1.29 is 32.5 Å². The van der Waals surface area contributed by atoms with Crippen molar-refractivity contribution in [2.45, 2.75) is 13.1 Å². The second kappa shape index (κ2) is 9.60. The van der Waals surface area contributed by atoms with Gasteiger partial charge < -0.3 is 14.6 Å². The Kier molecular flexibility index (Phi) is 6.84. The third-order valence-corrected chi connectivity index (χ3v) is 4.48. The van der Waals surface area contributed by atoms with Crippen molar-refractivity contribution in [1.82, 2.24) is 19.9 Å². The molecule has 0 unspecified atom stereocenters. The number of fused-ring (bicyclic) bond motifs is 2. The zero-order valence-corrected chi connectivity index (χ0v) is 18.0. The highest BCUT2D eigenvalue weighted by molar-refractivity contribution is 5.86. The van der Waals surface area contributed by atoms with E-state index in [2.05, 4.69) is 25.3 Å². The molecule has 0 saturated heterocycles. The van der Waals surface area contributed by atoms with E-state index in [-0.39, 0.29) is 11.5 Å². The Morgan fingerprint density at radius 3 is 2.38 bits per heavy atom. The second-order valence-electron chi connectivity index (χ2n) is 6.71. The molecule has 2 heterocycles. The normalized spacial score (nSPS) is 11.0. The molecule has 0 saturated carbocycles. The maximum atomic E-state index is 12.4. The van der Waals surface area contributed by atoms with Crippen molar-refractivity contribution in [2.24, 2.45) is 0 Å².